The summed E-state index contributed by atoms with van der Waals surface area (Å²) >= 11 is 1.33. The number of nitrogens with zero attached hydrogens (tertiary/aromatic N) is 1. The van der Waals surface area contributed by atoms with Crippen LogP contribution in [0.3, 0.4) is 0 Å². The third kappa shape index (κ3) is 3.93. The number of carboxylic acids is 1. The van der Waals surface area contributed by atoms with Gasteiger partial charge in [-0.3, -0.25) is 4.79 Å². The number of nitriles is 1. The van der Waals surface area contributed by atoms with Gasteiger partial charge < -0.3 is 10.8 Å². The molecule has 1 atom stereocenters. The zero-order valence-electron chi connectivity index (χ0n) is 8.59. The Morgan fingerprint density at radius 1 is 1.56 bits per heavy atom. The molecule has 0 aliphatic rings. The van der Waals surface area contributed by atoms with Crippen molar-refractivity contribution in [2.24, 2.45) is 5.73 Å². The van der Waals surface area contributed by atoms with Crippen LogP contribution in [0.5, 0.6) is 0 Å². The first-order chi connectivity index (χ1) is 7.63. The molecule has 0 bridgehead atoms. The van der Waals surface area contributed by atoms with E-state index in [-0.39, 0.29) is 6.42 Å². The third-order valence-electron chi connectivity index (χ3n) is 1.97. The van der Waals surface area contributed by atoms with Crippen LogP contribution in [0.2, 0.25) is 0 Å². The van der Waals surface area contributed by atoms with Gasteiger partial charge in [-0.2, -0.15) is 5.26 Å². The molecule has 1 unspecified atom stereocenters. The number of rotatable bonds is 5. The molecule has 0 saturated heterocycles. The topological polar surface area (TPSA) is 87.1 Å². The second kappa shape index (κ2) is 6.16. The minimum atomic E-state index is -0.909. The quantitative estimate of drug-likeness (QED) is 0.757. The van der Waals surface area contributed by atoms with Gasteiger partial charge in [0.1, 0.15) is 0 Å². The molecule has 0 aliphatic carbocycles. The van der Waals surface area contributed by atoms with Gasteiger partial charge >= 0.3 is 5.97 Å². The Morgan fingerprint density at radius 3 is 2.88 bits per heavy atom. The second-order valence-corrected chi connectivity index (χ2v) is 4.44. The molecule has 1 aromatic carbocycles. The monoisotopic (exact) mass is 236 g/mol. The van der Waals surface area contributed by atoms with Crippen molar-refractivity contribution in [3.63, 3.8) is 0 Å². The van der Waals surface area contributed by atoms with E-state index in [1.54, 1.807) is 12.1 Å². The summed E-state index contributed by atoms with van der Waals surface area (Å²) in [6, 6.07) is 9.31. The maximum Gasteiger partial charge on any atom is 0.305 e. The number of carboxylic acid groups (broad SMARTS) is 1. The normalized spacial score (nSPS) is 11.8. The molecule has 0 saturated carbocycles. The summed E-state index contributed by atoms with van der Waals surface area (Å²) in [6.07, 6.45) is -0.0701. The van der Waals surface area contributed by atoms with E-state index >= 15 is 0 Å². The van der Waals surface area contributed by atoms with E-state index in [0.29, 0.717) is 11.3 Å². The van der Waals surface area contributed by atoms with Gasteiger partial charge in [-0.1, -0.05) is 18.2 Å². The van der Waals surface area contributed by atoms with Crippen molar-refractivity contribution in [1.82, 2.24) is 0 Å². The van der Waals surface area contributed by atoms with Crippen LogP contribution in [0.25, 0.3) is 0 Å². The minimum absolute atomic E-state index is 0.0701. The van der Waals surface area contributed by atoms with Gasteiger partial charge in [0, 0.05) is 5.75 Å². The number of carbonyl (C=O) groups is 1. The van der Waals surface area contributed by atoms with E-state index < -0.39 is 11.3 Å². The van der Waals surface area contributed by atoms with Crippen molar-refractivity contribution < 1.29 is 9.90 Å². The molecule has 0 amide bonds. The maximum atomic E-state index is 10.4. The van der Waals surface area contributed by atoms with Gasteiger partial charge in [-0.15, -0.1) is 11.8 Å². The van der Waals surface area contributed by atoms with Gasteiger partial charge in [0.2, 0.25) is 0 Å². The number of hydrogen-bond acceptors (Lipinski definition) is 4. The first-order valence-electron chi connectivity index (χ1n) is 4.70. The summed E-state index contributed by atoms with van der Waals surface area (Å²) in [5.41, 5.74) is 7.11. The van der Waals surface area contributed by atoms with Crippen molar-refractivity contribution in [1.29, 1.82) is 5.26 Å². The zero-order valence-corrected chi connectivity index (χ0v) is 9.41. The number of hydrogen-bond donors (Lipinski definition) is 2. The van der Waals surface area contributed by atoms with Crippen LogP contribution in [0.4, 0.5) is 0 Å². The van der Waals surface area contributed by atoms with E-state index in [2.05, 4.69) is 6.07 Å². The standard InChI is InChI=1S/C11H12N2O2S/c12-6-8-3-1-2-4-9(8)7-16-10(13)5-11(14)15/h1-4,10H,5,7,13H2,(H,14,15). The SMILES string of the molecule is N#Cc1ccccc1CSC(N)CC(=O)O. The third-order valence-corrected chi connectivity index (χ3v) is 3.04. The van der Waals surface area contributed by atoms with Gasteiger partial charge in [0.05, 0.1) is 23.4 Å². The van der Waals surface area contributed by atoms with Gasteiger partial charge in [0.15, 0.2) is 0 Å². The molecule has 1 aromatic rings. The largest absolute Gasteiger partial charge is 0.481 e. The summed E-state index contributed by atoms with van der Waals surface area (Å²) in [4.78, 5) is 10.4. The smallest absolute Gasteiger partial charge is 0.305 e. The Hall–Kier alpha value is -1.51. The van der Waals surface area contributed by atoms with Crippen molar-refractivity contribution in [3.05, 3.63) is 35.4 Å². The average molecular weight is 236 g/mol. The summed E-state index contributed by atoms with van der Waals surface area (Å²) in [7, 11) is 0. The molecule has 0 fully saturated rings. The molecule has 16 heavy (non-hydrogen) atoms. The fraction of sp³-hybridized carbons (Fsp3) is 0.273. The Bertz CT molecular complexity index is 415. The van der Waals surface area contributed by atoms with Crippen LogP contribution in [0.1, 0.15) is 17.5 Å². The summed E-state index contributed by atoms with van der Waals surface area (Å²) in [6.45, 7) is 0. The number of nitrogens with two attached hydrogens (primary N) is 1. The van der Waals surface area contributed by atoms with Crippen molar-refractivity contribution >= 4 is 17.7 Å². The molecule has 0 aliphatic heterocycles. The fourth-order valence-electron chi connectivity index (χ4n) is 1.18. The van der Waals surface area contributed by atoms with E-state index in [4.69, 9.17) is 16.1 Å². The van der Waals surface area contributed by atoms with Crippen LogP contribution in [0, 0.1) is 11.3 Å². The Balaban J connectivity index is 2.55. The predicted octanol–water partition coefficient (Wildman–Crippen LogP) is 1.55. The Kier molecular flexibility index (Phi) is 4.83. The zero-order chi connectivity index (χ0) is 12.0. The number of thioether (sulfide) groups is 1. The van der Waals surface area contributed by atoms with Crippen molar-refractivity contribution in [3.8, 4) is 6.07 Å². The van der Waals surface area contributed by atoms with Crippen molar-refractivity contribution in [2.75, 3.05) is 0 Å². The molecule has 0 aromatic heterocycles. The first kappa shape index (κ1) is 12.6. The number of aliphatic carboxylic acids is 1. The highest BCUT2D eigenvalue weighted by Crippen LogP contribution is 2.19. The highest BCUT2D eigenvalue weighted by Gasteiger charge is 2.09. The Labute approximate surface area is 98.1 Å². The molecular weight excluding hydrogens is 224 g/mol. The van der Waals surface area contributed by atoms with Crippen molar-refractivity contribution in [2.45, 2.75) is 17.5 Å². The highest BCUT2D eigenvalue weighted by molar-refractivity contribution is 7.99. The van der Waals surface area contributed by atoms with E-state index in [9.17, 15) is 4.79 Å². The minimum Gasteiger partial charge on any atom is -0.481 e. The van der Waals surface area contributed by atoms with Crippen LogP contribution in [-0.2, 0) is 10.5 Å². The Morgan fingerprint density at radius 2 is 2.25 bits per heavy atom. The van der Waals surface area contributed by atoms with Crippen LogP contribution >= 0.6 is 11.8 Å². The van der Waals surface area contributed by atoms with E-state index in [0.717, 1.165) is 5.56 Å². The maximum absolute atomic E-state index is 10.4. The van der Waals surface area contributed by atoms with Gasteiger partial charge in [-0.05, 0) is 11.6 Å². The molecule has 0 radical (unpaired) electrons. The molecule has 0 heterocycles. The number of benzene rings is 1. The molecule has 84 valence electrons. The van der Waals surface area contributed by atoms with Gasteiger partial charge in [-0.25, -0.2) is 0 Å². The van der Waals surface area contributed by atoms with Crippen LogP contribution in [0.15, 0.2) is 24.3 Å². The van der Waals surface area contributed by atoms with Crippen LogP contribution in [-0.4, -0.2) is 16.4 Å². The van der Waals surface area contributed by atoms with Gasteiger partial charge in [0.25, 0.3) is 0 Å². The molecule has 0 spiro atoms. The van der Waals surface area contributed by atoms with E-state index in [1.807, 2.05) is 12.1 Å². The first-order valence-corrected chi connectivity index (χ1v) is 5.75. The summed E-state index contributed by atoms with van der Waals surface area (Å²) in [5.74, 6) is -0.355. The lowest BCUT2D eigenvalue weighted by atomic mass is 10.1. The lowest BCUT2D eigenvalue weighted by Gasteiger charge is -2.09. The van der Waals surface area contributed by atoms with E-state index in [1.165, 1.54) is 11.8 Å². The molecule has 4 nitrogen and oxygen atoms in total. The highest BCUT2D eigenvalue weighted by atomic mass is 32.2. The molecule has 5 heteroatoms. The summed E-state index contributed by atoms with van der Waals surface area (Å²) in [5, 5.41) is 16.9. The summed E-state index contributed by atoms with van der Waals surface area (Å²) < 4.78 is 0. The molecule has 1 rings (SSSR count). The molecular formula is C11H12N2O2S. The second-order valence-electron chi connectivity index (χ2n) is 3.22. The average Bonchev–Trinajstić information content (AvgIpc) is 2.26. The van der Waals surface area contributed by atoms with Crippen LogP contribution < -0.4 is 5.73 Å². The lowest BCUT2D eigenvalue weighted by molar-refractivity contribution is -0.136. The lowest BCUT2D eigenvalue weighted by Crippen LogP contribution is -2.19. The predicted molar refractivity (Wildman–Crippen MR) is 62.7 cm³/mol. The molecule has 3 N–H and O–H groups in total. The fourth-order valence-corrected chi connectivity index (χ4v) is 2.09.